The average Bonchev–Trinajstić information content (AvgIpc) is 2.04. The van der Waals surface area contributed by atoms with Crippen LogP contribution in [0, 0.1) is 0 Å². The van der Waals surface area contributed by atoms with Crippen molar-refractivity contribution in [2.45, 2.75) is 32.9 Å². The van der Waals surface area contributed by atoms with Gasteiger partial charge in [0.15, 0.2) is 0 Å². The van der Waals surface area contributed by atoms with E-state index in [-0.39, 0.29) is 12.1 Å². The van der Waals surface area contributed by atoms with Gasteiger partial charge < -0.3 is 10.5 Å². The summed E-state index contributed by atoms with van der Waals surface area (Å²) < 4.78 is 5.40. The van der Waals surface area contributed by atoms with Gasteiger partial charge in [-0.1, -0.05) is 6.07 Å². The Labute approximate surface area is 78.9 Å². The Morgan fingerprint density at radius 1 is 1.31 bits per heavy atom. The van der Waals surface area contributed by atoms with Gasteiger partial charge in [-0.2, -0.15) is 0 Å². The lowest BCUT2D eigenvalue weighted by Crippen LogP contribution is -2.08. The highest BCUT2D eigenvalue weighted by molar-refractivity contribution is 5.20. The summed E-state index contributed by atoms with van der Waals surface area (Å²) in [5, 5.41) is 0. The van der Waals surface area contributed by atoms with E-state index in [2.05, 4.69) is 4.98 Å². The van der Waals surface area contributed by atoms with Crippen LogP contribution in [0.5, 0.6) is 5.88 Å². The Kier molecular flexibility index (Phi) is 3.25. The molecule has 1 atom stereocenters. The van der Waals surface area contributed by atoms with Gasteiger partial charge in [0.2, 0.25) is 5.88 Å². The molecule has 1 heterocycles. The first kappa shape index (κ1) is 9.99. The summed E-state index contributed by atoms with van der Waals surface area (Å²) in [4.78, 5) is 4.14. The highest BCUT2D eigenvalue weighted by Gasteiger charge is 2.01. The van der Waals surface area contributed by atoms with Crippen molar-refractivity contribution in [1.82, 2.24) is 4.98 Å². The summed E-state index contributed by atoms with van der Waals surface area (Å²) >= 11 is 0. The monoisotopic (exact) mass is 180 g/mol. The molecule has 13 heavy (non-hydrogen) atoms. The van der Waals surface area contributed by atoms with Crippen molar-refractivity contribution in [2.24, 2.45) is 5.73 Å². The van der Waals surface area contributed by atoms with E-state index in [1.807, 2.05) is 32.9 Å². The van der Waals surface area contributed by atoms with Gasteiger partial charge in [0.05, 0.1) is 6.10 Å². The summed E-state index contributed by atoms with van der Waals surface area (Å²) in [5.41, 5.74) is 6.71. The van der Waals surface area contributed by atoms with E-state index in [4.69, 9.17) is 10.5 Å². The third-order valence-electron chi connectivity index (χ3n) is 1.64. The smallest absolute Gasteiger partial charge is 0.213 e. The Morgan fingerprint density at radius 3 is 2.38 bits per heavy atom. The van der Waals surface area contributed by atoms with Crippen LogP contribution >= 0.6 is 0 Å². The molecular formula is C10H16N2O. The zero-order valence-electron chi connectivity index (χ0n) is 8.32. The number of rotatable bonds is 3. The largest absolute Gasteiger partial charge is 0.475 e. The van der Waals surface area contributed by atoms with Crippen molar-refractivity contribution in [3.8, 4) is 5.88 Å². The second-order valence-electron chi connectivity index (χ2n) is 3.39. The van der Waals surface area contributed by atoms with Crippen LogP contribution in [0.1, 0.15) is 32.4 Å². The molecule has 0 amide bonds. The molecule has 0 fully saturated rings. The molecule has 3 heteroatoms. The predicted molar refractivity (Wildman–Crippen MR) is 52.6 cm³/mol. The third kappa shape index (κ3) is 3.03. The topological polar surface area (TPSA) is 48.1 Å². The molecule has 2 N–H and O–H groups in total. The first-order chi connectivity index (χ1) is 6.09. The molecule has 0 aliphatic heterocycles. The van der Waals surface area contributed by atoms with Gasteiger partial charge in [0.1, 0.15) is 0 Å². The van der Waals surface area contributed by atoms with Gasteiger partial charge in [0.25, 0.3) is 0 Å². The fraction of sp³-hybridized carbons (Fsp3) is 0.500. The molecule has 1 aromatic heterocycles. The van der Waals surface area contributed by atoms with Crippen LogP contribution < -0.4 is 10.5 Å². The van der Waals surface area contributed by atoms with E-state index in [0.29, 0.717) is 5.88 Å². The quantitative estimate of drug-likeness (QED) is 0.772. The van der Waals surface area contributed by atoms with Gasteiger partial charge in [0, 0.05) is 18.3 Å². The van der Waals surface area contributed by atoms with Gasteiger partial charge in [-0.3, -0.25) is 0 Å². The summed E-state index contributed by atoms with van der Waals surface area (Å²) in [5.74, 6) is 0.652. The number of ether oxygens (including phenoxy) is 1. The number of nitrogens with two attached hydrogens (primary N) is 1. The van der Waals surface area contributed by atoms with Crippen molar-refractivity contribution in [3.05, 3.63) is 23.9 Å². The predicted octanol–water partition coefficient (Wildman–Crippen LogP) is 1.89. The van der Waals surface area contributed by atoms with Crippen molar-refractivity contribution in [1.29, 1.82) is 0 Å². The molecule has 0 radical (unpaired) electrons. The maximum absolute atomic E-state index is 5.68. The highest BCUT2D eigenvalue weighted by Crippen LogP contribution is 2.13. The second-order valence-corrected chi connectivity index (χ2v) is 3.39. The van der Waals surface area contributed by atoms with Crippen LogP contribution in [0.15, 0.2) is 18.3 Å². The Hall–Kier alpha value is -1.09. The van der Waals surface area contributed by atoms with Crippen molar-refractivity contribution >= 4 is 0 Å². The Balaban J connectivity index is 2.70. The number of pyridine rings is 1. The minimum atomic E-state index is 0.0283. The Bertz CT molecular complexity index is 254. The van der Waals surface area contributed by atoms with Crippen LogP contribution in [0.3, 0.4) is 0 Å². The molecule has 0 saturated heterocycles. The molecule has 3 nitrogen and oxygen atoms in total. The molecular weight excluding hydrogens is 164 g/mol. The number of aromatic nitrogens is 1. The van der Waals surface area contributed by atoms with Crippen molar-refractivity contribution < 1.29 is 4.74 Å². The van der Waals surface area contributed by atoms with Gasteiger partial charge >= 0.3 is 0 Å². The SMILES string of the molecule is CC(C)Oc1ccc([C@@H](C)N)cn1. The molecule has 0 spiro atoms. The van der Waals surface area contributed by atoms with Crippen LogP contribution in [-0.2, 0) is 0 Å². The zero-order chi connectivity index (χ0) is 9.84. The highest BCUT2D eigenvalue weighted by atomic mass is 16.5. The summed E-state index contributed by atoms with van der Waals surface area (Å²) in [6.45, 7) is 5.88. The van der Waals surface area contributed by atoms with Crippen LogP contribution in [0.4, 0.5) is 0 Å². The van der Waals surface area contributed by atoms with Crippen molar-refractivity contribution in [2.75, 3.05) is 0 Å². The van der Waals surface area contributed by atoms with E-state index in [1.165, 1.54) is 0 Å². The van der Waals surface area contributed by atoms with Gasteiger partial charge in [-0.15, -0.1) is 0 Å². The minimum absolute atomic E-state index is 0.0283. The lowest BCUT2D eigenvalue weighted by atomic mass is 10.2. The van der Waals surface area contributed by atoms with Crippen LogP contribution in [0.2, 0.25) is 0 Å². The molecule has 0 bridgehead atoms. The fourth-order valence-corrected chi connectivity index (χ4v) is 0.972. The average molecular weight is 180 g/mol. The second kappa shape index (κ2) is 4.23. The van der Waals surface area contributed by atoms with Gasteiger partial charge in [-0.25, -0.2) is 4.98 Å². The minimum Gasteiger partial charge on any atom is -0.475 e. The first-order valence-electron chi connectivity index (χ1n) is 4.48. The van der Waals surface area contributed by atoms with E-state index in [1.54, 1.807) is 6.20 Å². The Morgan fingerprint density at radius 2 is 2.00 bits per heavy atom. The number of nitrogens with zero attached hydrogens (tertiary/aromatic N) is 1. The van der Waals surface area contributed by atoms with Crippen LogP contribution in [0.25, 0.3) is 0 Å². The third-order valence-corrected chi connectivity index (χ3v) is 1.64. The number of hydrogen-bond donors (Lipinski definition) is 1. The van der Waals surface area contributed by atoms with E-state index in [0.717, 1.165) is 5.56 Å². The molecule has 72 valence electrons. The summed E-state index contributed by atoms with van der Waals surface area (Å²) in [7, 11) is 0. The first-order valence-corrected chi connectivity index (χ1v) is 4.48. The normalized spacial score (nSPS) is 13.0. The maximum Gasteiger partial charge on any atom is 0.213 e. The molecule has 0 saturated carbocycles. The standard InChI is InChI=1S/C10H16N2O/c1-7(2)13-10-5-4-9(6-12-10)8(3)11/h4-8H,11H2,1-3H3/t8-/m1/s1. The summed E-state index contributed by atoms with van der Waals surface area (Å²) in [6.07, 6.45) is 1.91. The number of hydrogen-bond acceptors (Lipinski definition) is 3. The van der Waals surface area contributed by atoms with Crippen molar-refractivity contribution in [3.63, 3.8) is 0 Å². The van der Waals surface area contributed by atoms with E-state index >= 15 is 0 Å². The summed E-state index contributed by atoms with van der Waals surface area (Å²) in [6, 6.07) is 3.81. The molecule has 0 unspecified atom stereocenters. The van der Waals surface area contributed by atoms with E-state index < -0.39 is 0 Å². The maximum atomic E-state index is 5.68. The molecule has 0 aromatic carbocycles. The molecule has 1 rings (SSSR count). The molecule has 0 aliphatic carbocycles. The van der Waals surface area contributed by atoms with Gasteiger partial charge in [-0.05, 0) is 26.3 Å². The lowest BCUT2D eigenvalue weighted by Gasteiger charge is -2.09. The molecule has 1 aromatic rings. The van der Waals surface area contributed by atoms with Crippen LogP contribution in [-0.4, -0.2) is 11.1 Å². The zero-order valence-corrected chi connectivity index (χ0v) is 8.32. The fourth-order valence-electron chi connectivity index (χ4n) is 0.972. The molecule has 0 aliphatic rings. The van der Waals surface area contributed by atoms with E-state index in [9.17, 15) is 0 Å². The lowest BCUT2D eigenvalue weighted by molar-refractivity contribution is 0.232.